The van der Waals surface area contributed by atoms with E-state index in [1.165, 1.54) is 6.07 Å². The van der Waals surface area contributed by atoms with Gasteiger partial charge in [0, 0.05) is 51.1 Å². The van der Waals surface area contributed by atoms with Crippen LogP contribution in [-0.2, 0) is 16.0 Å². The van der Waals surface area contributed by atoms with Gasteiger partial charge in [-0.2, -0.15) is 5.10 Å². The maximum Gasteiger partial charge on any atom is 0.272 e. The summed E-state index contributed by atoms with van der Waals surface area (Å²) in [5.74, 6) is -1.03. The third-order valence-corrected chi connectivity index (χ3v) is 6.38. The number of nitrogens with one attached hydrogen (secondary N) is 2. The Bertz CT molecular complexity index is 1300. The minimum Gasteiger partial charge on any atom is -0.380 e. The molecule has 0 aliphatic carbocycles. The van der Waals surface area contributed by atoms with E-state index in [1.54, 1.807) is 34.1 Å². The minimum atomic E-state index is -0.596. The Hall–Kier alpha value is -3.63. The SMILES string of the molecule is CCCOCCNCC(=O)N1CCN(C(=O)c2cc(Cc3n[nH]c(=O)c4ccccc34)ccc2F)CC1. The standard InChI is InChI=1S/C27H32FN5O4/c1-2-14-37-15-9-29-18-25(34)32-10-12-33(13-11-32)27(36)22-16-19(7-8-23(22)28)17-24-20-5-3-4-6-21(20)26(35)31-30-24/h3-8,16,29H,2,9-15,17-18H2,1H3,(H,31,35). The van der Waals surface area contributed by atoms with E-state index in [2.05, 4.69) is 15.5 Å². The normalized spacial score (nSPS) is 13.8. The van der Waals surface area contributed by atoms with Crippen molar-refractivity contribution < 1.29 is 18.7 Å². The summed E-state index contributed by atoms with van der Waals surface area (Å²) in [5.41, 5.74) is 1.05. The number of carbonyl (C=O) groups is 2. The summed E-state index contributed by atoms with van der Waals surface area (Å²) in [6.45, 7) is 5.58. The first-order chi connectivity index (χ1) is 18.0. The van der Waals surface area contributed by atoms with Gasteiger partial charge in [0.1, 0.15) is 5.82 Å². The van der Waals surface area contributed by atoms with Gasteiger partial charge in [0.25, 0.3) is 11.5 Å². The molecule has 2 aromatic carbocycles. The zero-order valence-electron chi connectivity index (χ0n) is 21.0. The highest BCUT2D eigenvalue weighted by Crippen LogP contribution is 2.20. The largest absolute Gasteiger partial charge is 0.380 e. The van der Waals surface area contributed by atoms with Crippen molar-refractivity contribution in [2.75, 3.05) is 52.5 Å². The van der Waals surface area contributed by atoms with Crippen LogP contribution in [0.1, 0.15) is 35.0 Å². The Morgan fingerprint density at radius 2 is 1.78 bits per heavy atom. The fraction of sp³-hybridized carbons (Fsp3) is 0.407. The van der Waals surface area contributed by atoms with Gasteiger partial charge in [-0.3, -0.25) is 14.4 Å². The smallest absolute Gasteiger partial charge is 0.272 e. The van der Waals surface area contributed by atoms with Gasteiger partial charge in [-0.1, -0.05) is 31.2 Å². The van der Waals surface area contributed by atoms with Crippen LogP contribution in [0.15, 0.2) is 47.3 Å². The number of nitrogens with zero attached hydrogens (tertiary/aromatic N) is 3. The zero-order chi connectivity index (χ0) is 26.2. The molecule has 0 radical (unpaired) electrons. The third-order valence-electron chi connectivity index (χ3n) is 6.38. The predicted octanol–water partition coefficient (Wildman–Crippen LogP) is 1.95. The van der Waals surface area contributed by atoms with E-state index >= 15 is 0 Å². The number of halogens is 1. The number of amides is 2. The van der Waals surface area contributed by atoms with E-state index in [-0.39, 0.29) is 23.6 Å². The molecule has 1 fully saturated rings. The van der Waals surface area contributed by atoms with Crippen LogP contribution < -0.4 is 10.9 Å². The second-order valence-corrected chi connectivity index (χ2v) is 9.00. The quantitative estimate of drug-likeness (QED) is 0.405. The maximum atomic E-state index is 14.7. The Morgan fingerprint density at radius 3 is 2.54 bits per heavy atom. The molecular weight excluding hydrogens is 477 g/mol. The average Bonchev–Trinajstić information content (AvgIpc) is 2.93. The van der Waals surface area contributed by atoms with E-state index < -0.39 is 11.7 Å². The van der Waals surface area contributed by atoms with Gasteiger partial charge in [-0.05, 0) is 30.2 Å². The number of benzene rings is 2. The number of aromatic amines is 1. The minimum absolute atomic E-state index is 0.0141. The molecule has 1 aliphatic heterocycles. The van der Waals surface area contributed by atoms with Gasteiger partial charge >= 0.3 is 0 Å². The number of hydrogen-bond donors (Lipinski definition) is 2. The lowest BCUT2D eigenvalue weighted by Gasteiger charge is -2.35. The summed E-state index contributed by atoms with van der Waals surface area (Å²) in [7, 11) is 0. The molecule has 2 heterocycles. The van der Waals surface area contributed by atoms with E-state index in [4.69, 9.17) is 4.74 Å². The van der Waals surface area contributed by atoms with Crippen LogP contribution >= 0.6 is 0 Å². The van der Waals surface area contributed by atoms with E-state index in [1.807, 2.05) is 19.1 Å². The number of rotatable bonds is 10. The summed E-state index contributed by atoms with van der Waals surface area (Å²) in [5, 5.41) is 11.0. The maximum absolute atomic E-state index is 14.7. The highest BCUT2D eigenvalue weighted by molar-refractivity contribution is 5.95. The Labute approximate surface area is 214 Å². The lowest BCUT2D eigenvalue weighted by Crippen LogP contribution is -2.52. The zero-order valence-corrected chi connectivity index (χ0v) is 21.0. The first-order valence-electron chi connectivity index (χ1n) is 12.6. The lowest BCUT2D eigenvalue weighted by atomic mass is 10.0. The van der Waals surface area contributed by atoms with Gasteiger partial charge < -0.3 is 19.9 Å². The average molecular weight is 510 g/mol. The van der Waals surface area contributed by atoms with Gasteiger partial charge in [-0.15, -0.1) is 0 Å². The molecule has 1 aliphatic rings. The molecule has 3 aromatic rings. The van der Waals surface area contributed by atoms with Gasteiger partial charge in [-0.25, -0.2) is 9.49 Å². The highest BCUT2D eigenvalue weighted by Gasteiger charge is 2.26. The second-order valence-electron chi connectivity index (χ2n) is 9.00. The van der Waals surface area contributed by atoms with Crippen molar-refractivity contribution in [3.8, 4) is 0 Å². The van der Waals surface area contributed by atoms with Gasteiger partial charge in [0.15, 0.2) is 0 Å². The van der Waals surface area contributed by atoms with Crippen LogP contribution in [0.4, 0.5) is 4.39 Å². The molecule has 10 heteroatoms. The number of hydrogen-bond acceptors (Lipinski definition) is 6. The molecule has 1 saturated heterocycles. The van der Waals surface area contributed by atoms with Crippen LogP contribution in [0.5, 0.6) is 0 Å². The molecule has 0 bridgehead atoms. The van der Waals surface area contributed by atoms with Crippen molar-refractivity contribution in [2.24, 2.45) is 0 Å². The van der Waals surface area contributed by atoms with Crippen LogP contribution in [0.2, 0.25) is 0 Å². The van der Waals surface area contributed by atoms with Crippen molar-refractivity contribution in [1.29, 1.82) is 0 Å². The summed E-state index contributed by atoms with van der Waals surface area (Å²) >= 11 is 0. The number of fused-ring (bicyclic) bond motifs is 1. The summed E-state index contributed by atoms with van der Waals surface area (Å²) in [6, 6.07) is 11.6. The molecule has 0 unspecified atom stereocenters. The van der Waals surface area contributed by atoms with Gasteiger partial charge in [0.05, 0.1) is 29.8 Å². The number of ether oxygens (including phenoxy) is 1. The van der Waals surface area contributed by atoms with Crippen molar-refractivity contribution in [3.63, 3.8) is 0 Å². The number of piperazine rings is 1. The van der Waals surface area contributed by atoms with Crippen molar-refractivity contribution in [1.82, 2.24) is 25.3 Å². The van der Waals surface area contributed by atoms with Crippen LogP contribution in [-0.4, -0.2) is 84.3 Å². The molecule has 196 valence electrons. The number of H-pyrrole nitrogens is 1. The van der Waals surface area contributed by atoms with Crippen molar-refractivity contribution in [2.45, 2.75) is 19.8 Å². The molecule has 0 spiro atoms. The number of aromatic nitrogens is 2. The number of carbonyl (C=O) groups excluding carboxylic acids is 2. The van der Waals surface area contributed by atoms with Crippen LogP contribution in [0, 0.1) is 5.82 Å². The highest BCUT2D eigenvalue weighted by atomic mass is 19.1. The van der Waals surface area contributed by atoms with E-state index in [9.17, 15) is 18.8 Å². The monoisotopic (exact) mass is 509 g/mol. The summed E-state index contributed by atoms with van der Waals surface area (Å²) < 4.78 is 20.1. The van der Waals surface area contributed by atoms with E-state index in [0.717, 1.165) is 6.42 Å². The first-order valence-corrected chi connectivity index (χ1v) is 12.6. The molecule has 1 aromatic heterocycles. The van der Waals surface area contributed by atoms with E-state index in [0.29, 0.717) is 74.4 Å². The summed E-state index contributed by atoms with van der Waals surface area (Å²) in [4.78, 5) is 40.9. The van der Waals surface area contributed by atoms with Crippen LogP contribution in [0.25, 0.3) is 10.8 Å². The molecule has 9 nitrogen and oxygen atoms in total. The fourth-order valence-electron chi connectivity index (χ4n) is 4.37. The topological polar surface area (TPSA) is 108 Å². The third kappa shape index (κ3) is 6.58. The Balaban J connectivity index is 1.36. The van der Waals surface area contributed by atoms with Crippen molar-refractivity contribution >= 4 is 22.6 Å². The first kappa shape index (κ1) is 26.4. The molecule has 4 rings (SSSR count). The molecule has 37 heavy (non-hydrogen) atoms. The van der Waals surface area contributed by atoms with Crippen molar-refractivity contribution in [3.05, 3.63) is 75.5 Å². The predicted molar refractivity (Wildman–Crippen MR) is 138 cm³/mol. The molecule has 2 amide bonds. The summed E-state index contributed by atoms with van der Waals surface area (Å²) in [6.07, 6.45) is 1.29. The van der Waals surface area contributed by atoms with Gasteiger partial charge in [0.2, 0.25) is 5.91 Å². The van der Waals surface area contributed by atoms with Crippen LogP contribution in [0.3, 0.4) is 0 Å². The second kappa shape index (κ2) is 12.6. The molecular formula is C27H32FN5O4. The Morgan fingerprint density at radius 1 is 1.05 bits per heavy atom. The molecule has 0 saturated carbocycles. The fourth-order valence-corrected chi connectivity index (χ4v) is 4.37. The molecule has 2 N–H and O–H groups in total. The Kier molecular flexibility index (Phi) is 8.97. The lowest BCUT2D eigenvalue weighted by molar-refractivity contribution is -0.131. The molecule has 0 atom stereocenters.